The minimum absolute atomic E-state index is 0.0491. The largest absolute Gasteiger partial charge is 0.385 e. The summed E-state index contributed by atoms with van der Waals surface area (Å²) in [5.74, 6) is 0.0491. The molecule has 0 aliphatic carbocycles. The second kappa shape index (κ2) is 8.84. The number of thioether (sulfide) groups is 1. The molecule has 5 heteroatoms. The topological polar surface area (TPSA) is 50.4 Å². The number of hydrogen-bond acceptors (Lipinski definition) is 4. The highest BCUT2D eigenvalue weighted by Crippen LogP contribution is 2.19. The van der Waals surface area contributed by atoms with E-state index in [0.717, 1.165) is 13.0 Å². The highest BCUT2D eigenvalue weighted by molar-refractivity contribution is 7.99. The predicted molar refractivity (Wildman–Crippen MR) is 70.0 cm³/mol. The van der Waals surface area contributed by atoms with Crippen molar-refractivity contribution in [3.8, 4) is 0 Å². The van der Waals surface area contributed by atoms with Crippen molar-refractivity contribution in [1.29, 1.82) is 0 Å². The van der Waals surface area contributed by atoms with Gasteiger partial charge in [-0.05, 0) is 26.5 Å². The molecule has 0 bridgehead atoms. The molecule has 0 aromatic carbocycles. The SMILES string of the molecule is COCCCNC(=O)CNCC(C)(C)SC. The predicted octanol–water partition coefficient (Wildman–Crippen LogP) is 0.870. The summed E-state index contributed by atoms with van der Waals surface area (Å²) in [4.78, 5) is 11.4. The van der Waals surface area contributed by atoms with Gasteiger partial charge < -0.3 is 15.4 Å². The van der Waals surface area contributed by atoms with E-state index in [0.29, 0.717) is 19.7 Å². The third kappa shape index (κ3) is 9.00. The summed E-state index contributed by atoms with van der Waals surface area (Å²) in [7, 11) is 1.66. The van der Waals surface area contributed by atoms with Crippen molar-refractivity contribution < 1.29 is 9.53 Å². The molecule has 0 aromatic rings. The lowest BCUT2D eigenvalue weighted by molar-refractivity contribution is -0.120. The number of amides is 1. The lowest BCUT2D eigenvalue weighted by atomic mass is 10.2. The van der Waals surface area contributed by atoms with E-state index in [1.807, 2.05) is 0 Å². The van der Waals surface area contributed by atoms with E-state index in [-0.39, 0.29) is 10.7 Å². The summed E-state index contributed by atoms with van der Waals surface area (Å²) in [6.07, 6.45) is 2.94. The normalized spacial score (nSPS) is 11.5. The molecule has 1 amide bonds. The summed E-state index contributed by atoms with van der Waals surface area (Å²) in [5.41, 5.74) is 0. The maximum absolute atomic E-state index is 11.4. The zero-order valence-corrected chi connectivity index (χ0v) is 11.6. The van der Waals surface area contributed by atoms with E-state index < -0.39 is 0 Å². The van der Waals surface area contributed by atoms with Gasteiger partial charge in [0.1, 0.15) is 0 Å². The number of methoxy groups -OCH3 is 1. The molecule has 96 valence electrons. The van der Waals surface area contributed by atoms with Crippen LogP contribution in [0, 0.1) is 0 Å². The number of rotatable bonds is 9. The van der Waals surface area contributed by atoms with Gasteiger partial charge in [-0.1, -0.05) is 0 Å². The summed E-state index contributed by atoms with van der Waals surface area (Å²) < 4.78 is 5.07. The van der Waals surface area contributed by atoms with Gasteiger partial charge in [-0.25, -0.2) is 0 Å². The molecule has 0 saturated carbocycles. The van der Waals surface area contributed by atoms with Crippen molar-refractivity contribution in [3.05, 3.63) is 0 Å². The molecule has 0 aliphatic rings. The van der Waals surface area contributed by atoms with Crippen LogP contribution >= 0.6 is 11.8 Å². The molecule has 0 saturated heterocycles. The lowest BCUT2D eigenvalue weighted by Crippen LogP contribution is -2.39. The van der Waals surface area contributed by atoms with Crippen molar-refractivity contribution in [2.45, 2.75) is 25.0 Å². The van der Waals surface area contributed by atoms with E-state index in [4.69, 9.17) is 4.74 Å². The average molecular weight is 248 g/mol. The minimum atomic E-state index is 0.0491. The van der Waals surface area contributed by atoms with Crippen LogP contribution in [0.2, 0.25) is 0 Å². The Morgan fingerprint density at radius 1 is 1.44 bits per heavy atom. The van der Waals surface area contributed by atoms with Crippen LogP contribution in [0.25, 0.3) is 0 Å². The molecule has 0 spiro atoms. The molecule has 4 nitrogen and oxygen atoms in total. The maximum Gasteiger partial charge on any atom is 0.233 e. The zero-order chi connectivity index (χ0) is 12.4. The van der Waals surface area contributed by atoms with E-state index in [1.165, 1.54) is 0 Å². The first-order valence-corrected chi connectivity index (χ1v) is 6.76. The summed E-state index contributed by atoms with van der Waals surface area (Å²) in [6.45, 7) is 6.90. The van der Waals surface area contributed by atoms with Gasteiger partial charge in [-0.3, -0.25) is 4.79 Å². The van der Waals surface area contributed by atoms with Crippen LogP contribution in [0.15, 0.2) is 0 Å². The maximum atomic E-state index is 11.4. The van der Waals surface area contributed by atoms with Gasteiger partial charge in [-0.2, -0.15) is 11.8 Å². The Balaban J connectivity index is 3.44. The van der Waals surface area contributed by atoms with Crippen molar-refractivity contribution >= 4 is 17.7 Å². The first kappa shape index (κ1) is 15.7. The van der Waals surface area contributed by atoms with Crippen LogP contribution in [0.5, 0.6) is 0 Å². The lowest BCUT2D eigenvalue weighted by Gasteiger charge is -2.22. The fourth-order valence-corrected chi connectivity index (χ4v) is 1.30. The van der Waals surface area contributed by atoms with Gasteiger partial charge in [0.2, 0.25) is 5.91 Å². The van der Waals surface area contributed by atoms with E-state index in [1.54, 1.807) is 18.9 Å². The molecular formula is C11H24N2O2S. The molecular weight excluding hydrogens is 224 g/mol. The van der Waals surface area contributed by atoms with Crippen LogP contribution in [-0.2, 0) is 9.53 Å². The number of nitrogens with one attached hydrogen (secondary N) is 2. The van der Waals surface area contributed by atoms with Crippen LogP contribution in [0.3, 0.4) is 0 Å². The molecule has 0 aromatic heterocycles. The highest BCUT2D eigenvalue weighted by Gasteiger charge is 2.15. The Hall–Kier alpha value is -0.260. The van der Waals surface area contributed by atoms with Crippen LogP contribution in [0.4, 0.5) is 0 Å². The van der Waals surface area contributed by atoms with Gasteiger partial charge in [-0.15, -0.1) is 0 Å². The molecule has 0 heterocycles. The zero-order valence-electron chi connectivity index (χ0n) is 10.8. The van der Waals surface area contributed by atoms with Gasteiger partial charge in [0, 0.05) is 31.6 Å². The standard InChI is InChI=1S/C11H24N2O2S/c1-11(2,16-4)9-12-8-10(14)13-6-5-7-15-3/h12H,5-9H2,1-4H3,(H,13,14). The number of ether oxygens (including phenoxy) is 1. The van der Waals surface area contributed by atoms with Crippen molar-refractivity contribution in [2.24, 2.45) is 0 Å². The summed E-state index contributed by atoms with van der Waals surface area (Å²) in [6, 6.07) is 0. The third-order valence-corrected chi connectivity index (χ3v) is 3.49. The Kier molecular flexibility index (Phi) is 8.70. The smallest absolute Gasteiger partial charge is 0.233 e. The second-order valence-electron chi connectivity index (χ2n) is 4.26. The van der Waals surface area contributed by atoms with E-state index in [2.05, 4.69) is 30.7 Å². The first-order chi connectivity index (χ1) is 7.52. The van der Waals surface area contributed by atoms with E-state index in [9.17, 15) is 4.79 Å². The summed E-state index contributed by atoms with van der Waals surface area (Å²) in [5, 5.41) is 5.99. The van der Waals surface area contributed by atoms with E-state index >= 15 is 0 Å². The van der Waals surface area contributed by atoms with Gasteiger partial charge in [0.25, 0.3) is 0 Å². The second-order valence-corrected chi connectivity index (χ2v) is 5.78. The van der Waals surface area contributed by atoms with Crippen molar-refractivity contribution in [1.82, 2.24) is 10.6 Å². The molecule has 16 heavy (non-hydrogen) atoms. The average Bonchev–Trinajstić information content (AvgIpc) is 2.24. The molecule has 0 atom stereocenters. The molecule has 0 radical (unpaired) electrons. The van der Waals surface area contributed by atoms with Gasteiger partial charge in [0.15, 0.2) is 0 Å². The molecule has 2 N–H and O–H groups in total. The number of hydrogen-bond donors (Lipinski definition) is 2. The molecule has 0 aliphatic heterocycles. The fourth-order valence-electron chi connectivity index (χ4n) is 1.06. The van der Waals surface area contributed by atoms with Crippen molar-refractivity contribution in [3.63, 3.8) is 0 Å². The van der Waals surface area contributed by atoms with Crippen LogP contribution in [0.1, 0.15) is 20.3 Å². The van der Waals surface area contributed by atoms with Gasteiger partial charge >= 0.3 is 0 Å². The first-order valence-electron chi connectivity index (χ1n) is 5.53. The molecule has 0 unspecified atom stereocenters. The van der Waals surface area contributed by atoms with Crippen LogP contribution in [-0.4, -0.2) is 50.3 Å². The Morgan fingerprint density at radius 2 is 2.12 bits per heavy atom. The monoisotopic (exact) mass is 248 g/mol. The quantitative estimate of drug-likeness (QED) is 0.595. The fraction of sp³-hybridized carbons (Fsp3) is 0.909. The Bertz CT molecular complexity index is 198. The third-order valence-electron chi connectivity index (χ3n) is 2.24. The Labute approximate surface area is 103 Å². The van der Waals surface area contributed by atoms with Gasteiger partial charge in [0.05, 0.1) is 6.54 Å². The minimum Gasteiger partial charge on any atom is -0.385 e. The number of carbonyl (C=O) groups is 1. The molecule has 0 rings (SSSR count). The Morgan fingerprint density at radius 3 is 2.69 bits per heavy atom. The van der Waals surface area contributed by atoms with Crippen molar-refractivity contribution in [2.75, 3.05) is 39.6 Å². The molecule has 0 fully saturated rings. The van der Waals surface area contributed by atoms with Crippen LogP contribution < -0.4 is 10.6 Å². The summed E-state index contributed by atoms with van der Waals surface area (Å²) >= 11 is 1.79. The highest BCUT2D eigenvalue weighted by atomic mass is 32.2. The number of carbonyl (C=O) groups excluding carboxylic acids is 1.